The molecule has 0 aliphatic carbocycles. The summed E-state index contributed by atoms with van der Waals surface area (Å²) >= 11 is 0. The van der Waals surface area contributed by atoms with Gasteiger partial charge in [-0.05, 0) is 26.0 Å². The van der Waals surface area contributed by atoms with Gasteiger partial charge in [-0.25, -0.2) is 4.79 Å². The first-order valence-corrected chi connectivity index (χ1v) is 4.48. The van der Waals surface area contributed by atoms with Crippen LogP contribution in [-0.2, 0) is 4.74 Å². The van der Waals surface area contributed by atoms with E-state index in [1.807, 2.05) is 0 Å². The molecule has 0 aliphatic heterocycles. The molecule has 0 saturated carbocycles. The van der Waals surface area contributed by atoms with Gasteiger partial charge in [0, 0.05) is 0 Å². The average molecular weight is 227 g/mol. The zero-order valence-electron chi connectivity index (χ0n) is 8.89. The molecule has 1 rings (SSSR count). The number of aromatic hydroxyl groups is 3. The van der Waals surface area contributed by atoms with Gasteiger partial charge in [0.1, 0.15) is 0 Å². The highest BCUT2D eigenvalue weighted by Gasteiger charge is 2.20. The molecule has 88 valence electrons. The maximum absolute atomic E-state index is 11.5. The highest BCUT2D eigenvalue weighted by atomic mass is 16.6. The van der Waals surface area contributed by atoms with Gasteiger partial charge in [0.2, 0.25) is 0 Å². The number of nitrogens with two attached hydrogens (primary N) is 1. The van der Waals surface area contributed by atoms with Crippen molar-refractivity contribution in [1.82, 2.24) is 0 Å². The van der Waals surface area contributed by atoms with Crippen molar-refractivity contribution in [3.8, 4) is 17.2 Å². The zero-order valence-corrected chi connectivity index (χ0v) is 8.89. The largest absolute Gasteiger partial charge is 0.504 e. The van der Waals surface area contributed by atoms with Gasteiger partial charge >= 0.3 is 5.97 Å². The van der Waals surface area contributed by atoms with Crippen LogP contribution in [0, 0.1) is 0 Å². The van der Waals surface area contributed by atoms with Crippen molar-refractivity contribution in [1.29, 1.82) is 0 Å². The number of rotatable bonds is 2. The molecule has 0 aliphatic rings. The van der Waals surface area contributed by atoms with E-state index >= 15 is 0 Å². The van der Waals surface area contributed by atoms with E-state index in [9.17, 15) is 15.0 Å². The summed E-state index contributed by atoms with van der Waals surface area (Å²) in [5.74, 6) is -2.72. The topological polar surface area (TPSA) is 113 Å². The third-order valence-corrected chi connectivity index (χ3v) is 1.66. The Hall–Kier alpha value is -1.95. The summed E-state index contributed by atoms with van der Waals surface area (Å²) in [6.45, 7) is 2.95. The van der Waals surface area contributed by atoms with Gasteiger partial charge in [-0.15, -0.1) is 0 Å². The van der Waals surface area contributed by atoms with Gasteiger partial charge in [-0.1, -0.05) is 0 Å². The van der Waals surface area contributed by atoms with Crippen molar-refractivity contribution in [2.45, 2.75) is 19.6 Å². The first-order chi connectivity index (χ1) is 7.20. The lowest BCUT2D eigenvalue weighted by atomic mass is 10.2. The second kappa shape index (κ2) is 3.90. The van der Waals surface area contributed by atoms with Crippen LogP contribution in [0.3, 0.4) is 0 Å². The van der Waals surface area contributed by atoms with Crippen molar-refractivity contribution in [3.63, 3.8) is 0 Å². The van der Waals surface area contributed by atoms with Crippen LogP contribution in [0.15, 0.2) is 12.1 Å². The number of hydrogen-bond donors (Lipinski definition) is 4. The summed E-state index contributed by atoms with van der Waals surface area (Å²) in [6.07, 6.45) is 0. The van der Waals surface area contributed by atoms with E-state index in [-0.39, 0.29) is 5.56 Å². The summed E-state index contributed by atoms with van der Waals surface area (Å²) in [7, 11) is 0. The molecule has 0 atom stereocenters. The maximum Gasteiger partial charge on any atom is 0.340 e. The van der Waals surface area contributed by atoms with Crippen molar-refractivity contribution in [3.05, 3.63) is 17.7 Å². The number of benzene rings is 1. The van der Waals surface area contributed by atoms with Crippen LogP contribution in [0.25, 0.3) is 0 Å². The first-order valence-electron chi connectivity index (χ1n) is 4.48. The lowest BCUT2D eigenvalue weighted by molar-refractivity contribution is 0.00183. The SMILES string of the molecule is CC(C)(N)OC(=O)c1cc(O)c(O)c(O)c1. The summed E-state index contributed by atoms with van der Waals surface area (Å²) in [4.78, 5) is 11.5. The molecule has 0 saturated heterocycles. The number of phenols is 3. The van der Waals surface area contributed by atoms with Crippen molar-refractivity contribution >= 4 is 5.97 Å². The molecule has 6 heteroatoms. The van der Waals surface area contributed by atoms with Crippen LogP contribution in [0.2, 0.25) is 0 Å². The summed E-state index contributed by atoms with van der Waals surface area (Å²) < 4.78 is 4.81. The Balaban J connectivity index is 3.02. The second-order valence-corrected chi connectivity index (χ2v) is 3.86. The molecule has 1 aromatic carbocycles. The molecule has 0 aromatic heterocycles. The molecule has 1 aromatic rings. The van der Waals surface area contributed by atoms with Gasteiger partial charge < -0.3 is 20.1 Å². The summed E-state index contributed by atoms with van der Waals surface area (Å²) in [6, 6.07) is 1.95. The monoisotopic (exact) mass is 227 g/mol. The predicted molar refractivity (Wildman–Crippen MR) is 55.1 cm³/mol. The quantitative estimate of drug-likeness (QED) is 0.335. The van der Waals surface area contributed by atoms with Crippen LogP contribution >= 0.6 is 0 Å². The van der Waals surface area contributed by atoms with E-state index in [2.05, 4.69) is 0 Å². The number of ether oxygens (including phenoxy) is 1. The molecule has 0 bridgehead atoms. The molecule has 0 unspecified atom stereocenters. The summed E-state index contributed by atoms with van der Waals surface area (Å²) in [5.41, 5.74) is 4.19. The van der Waals surface area contributed by atoms with Gasteiger partial charge in [0.25, 0.3) is 0 Å². The number of esters is 1. The summed E-state index contributed by atoms with van der Waals surface area (Å²) in [5, 5.41) is 27.4. The Morgan fingerprint density at radius 2 is 1.69 bits per heavy atom. The molecule has 0 spiro atoms. The molecule has 0 heterocycles. The third-order valence-electron chi connectivity index (χ3n) is 1.66. The van der Waals surface area contributed by atoms with Gasteiger partial charge in [-0.2, -0.15) is 0 Å². The van der Waals surface area contributed by atoms with Gasteiger partial charge in [-0.3, -0.25) is 5.73 Å². The van der Waals surface area contributed by atoms with E-state index in [0.717, 1.165) is 12.1 Å². The smallest absolute Gasteiger partial charge is 0.340 e. The fourth-order valence-corrected chi connectivity index (χ4v) is 1.02. The Morgan fingerprint density at radius 1 is 1.25 bits per heavy atom. The maximum atomic E-state index is 11.5. The predicted octanol–water partition coefficient (Wildman–Crippen LogP) is 0.655. The molecule has 0 amide bonds. The lowest BCUT2D eigenvalue weighted by Gasteiger charge is -2.19. The van der Waals surface area contributed by atoms with Crippen molar-refractivity contribution < 1.29 is 24.9 Å². The van der Waals surface area contributed by atoms with Crippen molar-refractivity contribution in [2.75, 3.05) is 0 Å². The van der Waals surface area contributed by atoms with E-state index in [0.29, 0.717) is 0 Å². The Labute approximate surface area is 91.9 Å². The zero-order chi connectivity index (χ0) is 12.5. The third kappa shape index (κ3) is 2.77. The van der Waals surface area contributed by atoms with E-state index in [4.69, 9.17) is 15.6 Å². The number of carbonyl (C=O) groups is 1. The highest BCUT2D eigenvalue weighted by molar-refractivity contribution is 5.91. The standard InChI is InChI=1S/C10H13NO5/c1-10(2,11)16-9(15)5-3-6(12)8(14)7(13)4-5/h3-4,12-14H,11H2,1-2H3. The molecule has 5 N–H and O–H groups in total. The molecular formula is C10H13NO5. The number of hydrogen-bond acceptors (Lipinski definition) is 6. The van der Waals surface area contributed by atoms with Gasteiger partial charge in [0.05, 0.1) is 5.56 Å². The normalized spacial score (nSPS) is 11.2. The average Bonchev–Trinajstić information content (AvgIpc) is 2.10. The fourth-order valence-electron chi connectivity index (χ4n) is 1.02. The molecular weight excluding hydrogens is 214 g/mol. The van der Waals surface area contributed by atoms with E-state index in [1.54, 1.807) is 0 Å². The fraction of sp³-hybridized carbons (Fsp3) is 0.300. The number of carbonyl (C=O) groups excluding carboxylic acids is 1. The van der Waals surface area contributed by atoms with Gasteiger partial charge in [0.15, 0.2) is 23.0 Å². The molecule has 0 fully saturated rings. The van der Waals surface area contributed by atoms with Crippen molar-refractivity contribution in [2.24, 2.45) is 5.73 Å². The van der Waals surface area contributed by atoms with Crippen LogP contribution in [-0.4, -0.2) is 27.0 Å². The van der Waals surface area contributed by atoms with Crippen LogP contribution < -0.4 is 5.73 Å². The molecule has 16 heavy (non-hydrogen) atoms. The van der Waals surface area contributed by atoms with Crippen LogP contribution in [0.4, 0.5) is 0 Å². The Morgan fingerprint density at radius 3 is 2.06 bits per heavy atom. The Bertz CT molecular complexity index is 399. The molecule has 0 radical (unpaired) electrons. The second-order valence-electron chi connectivity index (χ2n) is 3.86. The Kier molecular flexibility index (Phi) is 2.95. The van der Waals surface area contributed by atoms with Crippen LogP contribution in [0.1, 0.15) is 24.2 Å². The van der Waals surface area contributed by atoms with E-state index in [1.165, 1.54) is 13.8 Å². The minimum atomic E-state index is -1.17. The first kappa shape index (κ1) is 12.1. The lowest BCUT2D eigenvalue weighted by Crippen LogP contribution is -2.37. The number of phenolic OH excluding ortho intramolecular Hbond substituents is 3. The van der Waals surface area contributed by atoms with Crippen LogP contribution in [0.5, 0.6) is 17.2 Å². The van der Waals surface area contributed by atoms with E-state index < -0.39 is 28.9 Å². The molecule has 6 nitrogen and oxygen atoms in total. The minimum absolute atomic E-state index is 0.105. The highest BCUT2D eigenvalue weighted by Crippen LogP contribution is 2.35. The minimum Gasteiger partial charge on any atom is -0.504 e.